The normalized spacial score (nSPS) is 13.3. The van der Waals surface area contributed by atoms with Crippen LogP contribution in [-0.2, 0) is 11.2 Å². The Morgan fingerprint density at radius 2 is 1.93 bits per heavy atom. The second kappa shape index (κ2) is 8.36. The SMILES string of the molecule is COc1cc(OC)c(NC(=O)CCc2nc3ccccc3c(=O)n2C2CC2)cc1Cl. The van der Waals surface area contributed by atoms with Gasteiger partial charge in [-0.05, 0) is 31.0 Å². The molecule has 0 bridgehead atoms. The molecule has 156 valence electrons. The highest BCUT2D eigenvalue weighted by Crippen LogP contribution is 2.36. The van der Waals surface area contributed by atoms with Crippen molar-refractivity contribution in [3.8, 4) is 11.5 Å². The van der Waals surface area contributed by atoms with E-state index in [1.807, 2.05) is 18.2 Å². The number of amides is 1. The lowest BCUT2D eigenvalue weighted by Gasteiger charge is -2.14. The summed E-state index contributed by atoms with van der Waals surface area (Å²) >= 11 is 6.17. The first-order valence-corrected chi connectivity index (χ1v) is 10.1. The first-order valence-electron chi connectivity index (χ1n) is 9.73. The number of methoxy groups -OCH3 is 2. The summed E-state index contributed by atoms with van der Waals surface area (Å²) in [4.78, 5) is 30.2. The van der Waals surface area contributed by atoms with Crippen LogP contribution in [0.15, 0.2) is 41.2 Å². The third-order valence-corrected chi connectivity index (χ3v) is 5.41. The Morgan fingerprint density at radius 3 is 2.63 bits per heavy atom. The zero-order valence-electron chi connectivity index (χ0n) is 16.8. The summed E-state index contributed by atoms with van der Waals surface area (Å²) in [6, 6.07) is 10.7. The molecule has 30 heavy (non-hydrogen) atoms. The first-order chi connectivity index (χ1) is 14.5. The minimum Gasteiger partial charge on any atom is -0.495 e. The predicted octanol–water partition coefficient (Wildman–Crippen LogP) is 3.97. The molecule has 1 N–H and O–H groups in total. The first kappa shape index (κ1) is 20.2. The number of nitrogens with one attached hydrogen (secondary N) is 1. The highest BCUT2D eigenvalue weighted by Gasteiger charge is 2.28. The van der Waals surface area contributed by atoms with Crippen molar-refractivity contribution in [1.29, 1.82) is 0 Å². The maximum absolute atomic E-state index is 12.9. The van der Waals surface area contributed by atoms with Crippen molar-refractivity contribution in [2.24, 2.45) is 0 Å². The lowest BCUT2D eigenvalue weighted by atomic mass is 10.2. The Bertz CT molecular complexity index is 1170. The molecule has 1 saturated carbocycles. The summed E-state index contributed by atoms with van der Waals surface area (Å²) in [7, 11) is 3.01. The predicted molar refractivity (Wildman–Crippen MR) is 116 cm³/mol. The van der Waals surface area contributed by atoms with Crippen LogP contribution in [0.3, 0.4) is 0 Å². The fourth-order valence-corrected chi connectivity index (χ4v) is 3.71. The van der Waals surface area contributed by atoms with Gasteiger partial charge in [-0.1, -0.05) is 23.7 Å². The van der Waals surface area contributed by atoms with Crippen LogP contribution in [0.25, 0.3) is 10.9 Å². The third-order valence-electron chi connectivity index (χ3n) is 5.12. The van der Waals surface area contributed by atoms with E-state index in [4.69, 9.17) is 21.1 Å². The van der Waals surface area contributed by atoms with Crippen molar-refractivity contribution in [2.75, 3.05) is 19.5 Å². The van der Waals surface area contributed by atoms with Gasteiger partial charge >= 0.3 is 0 Å². The van der Waals surface area contributed by atoms with Crippen LogP contribution in [0.2, 0.25) is 5.02 Å². The number of aryl methyl sites for hydroxylation is 1. The molecular weight excluding hydrogens is 406 g/mol. The molecule has 0 radical (unpaired) electrons. The van der Waals surface area contributed by atoms with Crippen LogP contribution < -0.4 is 20.3 Å². The second-order valence-electron chi connectivity index (χ2n) is 7.19. The molecule has 1 fully saturated rings. The topological polar surface area (TPSA) is 82.5 Å². The summed E-state index contributed by atoms with van der Waals surface area (Å²) in [5.41, 5.74) is 1.07. The Balaban J connectivity index is 1.55. The Morgan fingerprint density at radius 1 is 1.20 bits per heavy atom. The van der Waals surface area contributed by atoms with E-state index in [1.165, 1.54) is 14.2 Å². The molecule has 0 aliphatic heterocycles. The largest absolute Gasteiger partial charge is 0.495 e. The maximum Gasteiger partial charge on any atom is 0.261 e. The van der Waals surface area contributed by atoms with Crippen LogP contribution in [0.5, 0.6) is 11.5 Å². The molecule has 2 aromatic carbocycles. The number of carbonyl (C=O) groups is 1. The zero-order valence-corrected chi connectivity index (χ0v) is 17.5. The summed E-state index contributed by atoms with van der Waals surface area (Å²) < 4.78 is 12.2. The molecule has 0 atom stereocenters. The van der Waals surface area contributed by atoms with E-state index < -0.39 is 0 Å². The van der Waals surface area contributed by atoms with Gasteiger partial charge in [-0.2, -0.15) is 0 Å². The van der Waals surface area contributed by atoms with Crippen molar-refractivity contribution < 1.29 is 14.3 Å². The molecule has 0 saturated heterocycles. The quantitative estimate of drug-likeness (QED) is 0.616. The maximum atomic E-state index is 12.9. The van der Waals surface area contributed by atoms with E-state index in [0.29, 0.717) is 45.4 Å². The zero-order chi connectivity index (χ0) is 21.3. The van der Waals surface area contributed by atoms with Crippen LogP contribution in [0.4, 0.5) is 5.69 Å². The fraction of sp³-hybridized carbons (Fsp3) is 0.318. The van der Waals surface area contributed by atoms with E-state index in [2.05, 4.69) is 10.3 Å². The van der Waals surface area contributed by atoms with E-state index in [-0.39, 0.29) is 23.9 Å². The van der Waals surface area contributed by atoms with E-state index in [9.17, 15) is 9.59 Å². The Hall–Kier alpha value is -3.06. The molecule has 3 aromatic rings. The van der Waals surface area contributed by atoms with Crippen molar-refractivity contribution in [2.45, 2.75) is 31.7 Å². The smallest absolute Gasteiger partial charge is 0.261 e. The van der Waals surface area contributed by atoms with E-state index >= 15 is 0 Å². The van der Waals surface area contributed by atoms with Gasteiger partial charge in [0, 0.05) is 24.9 Å². The number of fused-ring (bicyclic) bond motifs is 1. The number of rotatable bonds is 7. The molecule has 1 amide bonds. The number of carbonyl (C=O) groups excluding carboxylic acids is 1. The average Bonchev–Trinajstić information content (AvgIpc) is 3.57. The van der Waals surface area contributed by atoms with Crippen molar-refractivity contribution >= 4 is 34.1 Å². The average molecular weight is 428 g/mol. The summed E-state index contributed by atoms with van der Waals surface area (Å²) in [6.07, 6.45) is 2.44. The highest BCUT2D eigenvalue weighted by molar-refractivity contribution is 6.32. The fourth-order valence-electron chi connectivity index (χ4n) is 3.47. The number of halogens is 1. The lowest BCUT2D eigenvalue weighted by Crippen LogP contribution is -2.25. The third kappa shape index (κ3) is 3.98. The number of ether oxygens (including phenoxy) is 2. The lowest BCUT2D eigenvalue weighted by molar-refractivity contribution is -0.116. The van der Waals surface area contributed by atoms with Crippen LogP contribution in [0.1, 0.15) is 31.1 Å². The number of nitrogens with zero attached hydrogens (tertiary/aromatic N) is 2. The van der Waals surface area contributed by atoms with Crippen LogP contribution >= 0.6 is 11.6 Å². The summed E-state index contributed by atoms with van der Waals surface area (Å²) in [5, 5.41) is 3.80. The molecule has 8 heteroatoms. The van der Waals surface area contributed by atoms with Gasteiger partial charge in [0.25, 0.3) is 5.56 Å². The molecule has 7 nitrogen and oxygen atoms in total. The van der Waals surface area contributed by atoms with Crippen molar-refractivity contribution in [1.82, 2.24) is 9.55 Å². The van der Waals surface area contributed by atoms with Gasteiger partial charge in [0.05, 0.1) is 35.8 Å². The standard InChI is InChI=1S/C22H22ClN3O4/c1-29-18-12-19(30-2)17(11-15(18)23)25-21(27)10-9-20-24-16-6-4-3-5-14(16)22(28)26(20)13-7-8-13/h3-6,11-13H,7-10H2,1-2H3,(H,25,27). The number of anilines is 1. The number of hydrogen-bond donors (Lipinski definition) is 1. The summed E-state index contributed by atoms with van der Waals surface area (Å²) in [6.45, 7) is 0. The molecule has 1 heterocycles. The minimum atomic E-state index is -0.223. The molecule has 1 aliphatic rings. The van der Waals surface area contributed by atoms with Crippen molar-refractivity contribution in [3.05, 3.63) is 57.6 Å². The van der Waals surface area contributed by atoms with Crippen LogP contribution in [0, 0.1) is 0 Å². The van der Waals surface area contributed by atoms with E-state index in [1.54, 1.807) is 22.8 Å². The Kier molecular flexibility index (Phi) is 5.63. The Labute approximate surface area is 178 Å². The van der Waals surface area contributed by atoms with Crippen molar-refractivity contribution in [3.63, 3.8) is 0 Å². The highest BCUT2D eigenvalue weighted by atomic mass is 35.5. The number of para-hydroxylation sites is 1. The molecule has 1 aliphatic carbocycles. The second-order valence-corrected chi connectivity index (χ2v) is 7.59. The minimum absolute atomic E-state index is 0.0397. The van der Waals surface area contributed by atoms with E-state index in [0.717, 1.165) is 12.8 Å². The molecule has 4 rings (SSSR count). The van der Waals surface area contributed by atoms with Gasteiger partial charge in [-0.25, -0.2) is 4.98 Å². The monoisotopic (exact) mass is 427 g/mol. The molecular formula is C22H22ClN3O4. The number of hydrogen-bond acceptors (Lipinski definition) is 5. The number of benzene rings is 2. The van der Waals surface area contributed by atoms with Gasteiger partial charge in [0.1, 0.15) is 17.3 Å². The van der Waals surface area contributed by atoms with Gasteiger partial charge in [-0.3, -0.25) is 14.2 Å². The van der Waals surface area contributed by atoms with Gasteiger partial charge in [0.15, 0.2) is 0 Å². The molecule has 0 unspecified atom stereocenters. The summed E-state index contributed by atoms with van der Waals surface area (Å²) in [5.74, 6) is 1.32. The van der Waals surface area contributed by atoms with Crippen LogP contribution in [-0.4, -0.2) is 29.7 Å². The molecule has 1 aromatic heterocycles. The molecule has 0 spiro atoms. The van der Waals surface area contributed by atoms with Gasteiger partial charge in [0.2, 0.25) is 5.91 Å². The van der Waals surface area contributed by atoms with Gasteiger partial charge < -0.3 is 14.8 Å². The number of aromatic nitrogens is 2. The van der Waals surface area contributed by atoms with Gasteiger partial charge in [-0.15, -0.1) is 0 Å².